The molecule has 0 N–H and O–H groups in total. The van der Waals surface area contributed by atoms with Crippen LogP contribution in [0.5, 0.6) is 11.8 Å². The molecule has 0 saturated heterocycles. The van der Waals surface area contributed by atoms with E-state index >= 15 is 0 Å². The predicted molar refractivity (Wildman–Crippen MR) is 70.6 cm³/mol. The summed E-state index contributed by atoms with van der Waals surface area (Å²) in [5.41, 5.74) is 2.07. The van der Waals surface area contributed by atoms with Gasteiger partial charge in [0.25, 0.3) is 0 Å². The van der Waals surface area contributed by atoms with E-state index in [9.17, 15) is 4.79 Å². The second-order valence-electron chi connectivity index (χ2n) is 3.73. The fourth-order valence-electron chi connectivity index (χ4n) is 1.74. The Morgan fingerprint density at radius 3 is 2.58 bits per heavy atom. The third-order valence-electron chi connectivity index (χ3n) is 2.58. The van der Waals surface area contributed by atoms with Gasteiger partial charge in [-0.05, 0) is 13.0 Å². The summed E-state index contributed by atoms with van der Waals surface area (Å²) in [7, 11) is 1.51. The number of nitrogens with zero attached hydrogens (tertiary/aromatic N) is 2. The Kier molecular flexibility index (Phi) is 4.07. The van der Waals surface area contributed by atoms with Crippen LogP contribution in [-0.4, -0.2) is 30.0 Å². The molecule has 0 aliphatic carbocycles. The molecule has 1 aromatic heterocycles. The number of hydrogen-bond donors (Lipinski definition) is 0. The number of aldehydes is 1. The quantitative estimate of drug-likeness (QED) is 0.770. The number of aromatic nitrogens is 2. The van der Waals surface area contributed by atoms with Crippen molar-refractivity contribution in [2.75, 3.05) is 13.7 Å². The fourth-order valence-corrected chi connectivity index (χ4v) is 1.74. The zero-order valence-electron chi connectivity index (χ0n) is 10.8. The van der Waals surface area contributed by atoms with Gasteiger partial charge in [0.05, 0.1) is 19.3 Å². The molecule has 0 saturated carbocycles. The van der Waals surface area contributed by atoms with Crippen LogP contribution in [0.25, 0.3) is 11.1 Å². The summed E-state index contributed by atoms with van der Waals surface area (Å²) >= 11 is 0. The number of hydrogen-bond acceptors (Lipinski definition) is 5. The average molecular weight is 258 g/mol. The Bertz CT molecular complexity index is 567. The first-order valence-electron chi connectivity index (χ1n) is 5.87. The molecule has 1 heterocycles. The first-order valence-corrected chi connectivity index (χ1v) is 5.87. The average Bonchev–Trinajstić information content (AvgIpc) is 2.48. The summed E-state index contributed by atoms with van der Waals surface area (Å²) in [4.78, 5) is 19.2. The molecule has 0 atom stereocenters. The van der Waals surface area contributed by atoms with Crippen LogP contribution < -0.4 is 9.47 Å². The normalized spacial score (nSPS) is 10.0. The van der Waals surface area contributed by atoms with Gasteiger partial charge in [0.15, 0.2) is 6.29 Å². The van der Waals surface area contributed by atoms with Gasteiger partial charge in [-0.25, -0.2) is 9.97 Å². The summed E-state index contributed by atoms with van der Waals surface area (Å²) in [6.07, 6.45) is 4.05. The minimum atomic E-state index is 0.299. The summed E-state index contributed by atoms with van der Waals surface area (Å²) in [6.45, 7) is 2.35. The summed E-state index contributed by atoms with van der Waals surface area (Å²) in [5.74, 6) is 0.550. The number of ether oxygens (including phenoxy) is 2. The molecule has 19 heavy (non-hydrogen) atoms. The Morgan fingerprint density at radius 2 is 2.00 bits per heavy atom. The molecule has 0 radical (unpaired) electrons. The molecule has 0 aliphatic heterocycles. The highest BCUT2D eigenvalue weighted by Crippen LogP contribution is 2.32. The molecular weight excluding hydrogens is 244 g/mol. The number of methoxy groups -OCH3 is 1. The Hall–Kier alpha value is -2.43. The Balaban J connectivity index is 2.50. The number of carbonyl (C=O) groups excluding carboxylic acids is 1. The van der Waals surface area contributed by atoms with Gasteiger partial charge in [0, 0.05) is 23.5 Å². The van der Waals surface area contributed by atoms with Gasteiger partial charge >= 0.3 is 6.01 Å². The van der Waals surface area contributed by atoms with E-state index in [1.165, 1.54) is 7.11 Å². The molecule has 98 valence electrons. The van der Waals surface area contributed by atoms with Crippen molar-refractivity contribution in [2.45, 2.75) is 6.92 Å². The topological polar surface area (TPSA) is 61.3 Å². The van der Waals surface area contributed by atoms with E-state index in [1.54, 1.807) is 24.5 Å². The lowest BCUT2D eigenvalue weighted by Crippen LogP contribution is -1.99. The molecule has 0 bridgehead atoms. The van der Waals surface area contributed by atoms with E-state index in [1.807, 2.05) is 13.0 Å². The molecule has 2 aromatic rings. The SMILES string of the molecule is CCOc1c(C=O)cccc1-c1cnc(OC)nc1. The van der Waals surface area contributed by atoms with Crippen LogP contribution in [0, 0.1) is 0 Å². The Morgan fingerprint density at radius 1 is 1.26 bits per heavy atom. The van der Waals surface area contributed by atoms with E-state index in [0.29, 0.717) is 23.9 Å². The number of rotatable bonds is 5. The maximum absolute atomic E-state index is 11.1. The largest absolute Gasteiger partial charge is 0.492 e. The second-order valence-corrected chi connectivity index (χ2v) is 3.73. The maximum Gasteiger partial charge on any atom is 0.316 e. The zero-order chi connectivity index (χ0) is 13.7. The molecule has 5 nitrogen and oxygen atoms in total. The monoisotopic (exact) mass is 258 g/mol. The van der Waals surface area contributed by atoms with E-state index in [2.05, 4.69) is 9.97 Å². The van der Waals surface area contributed by atoms with Crippen LogP contribution in [0.4, 0.5) is 0 Å². The van der Waals surface area contributed by atoms with Crippen LogP contribution in [0.15, 0.2) is 30.6 Å². The molecule has 0 amide bonds. The van der Waals surface area contributed by atoms with Crippen molar-refractivity contribution in [1.82, 2.24) is 9.97 Å². The van der Waals surface area contributed by atoms with Crippen molar-refractivity contribution in [2.24, 2.45) is 0 Å². The molecule has 2 rings (SSSR count). The molecule has 5 heteroatoms. The van der Waals surface area contributed by atoms with Crippen molar-refractivity contribution in [3.63, 3.8) is 0 Å². The summed E-state index contributed by atoms with van der Waals surface area (Å²) < 4.78 is 10.5. The lowest BCUT2D eigenvalue weighted by Gasteiger charge is -2.12. The molecule has 1 aromatic carbocycles. The molecule has 0 aliphatic rings. The number of benzene rings is 1. The third kappa shape index (κ3) is 2.70. The predicted octanol–water partition coefficient (Wildman–Crippen LogP) is 2.36. The highest BCUT2D eigenvalue weighted by molar-refractivity contribution is 5.85. The van der Waals surface area contributed by atoms with Gasteiger partial charge in [0.2, 0.25) is 0 Å². The van der Waals surface area contributed by atoms with Crippen LogP contribution in [0.1, 0.15) is 17.3 Å². The van der Waals surface area contributed by atoms with Crippen LogP contribution >= 0.6 is 0 Å². The molecular formula is C14H14N2O3. The molecule has 0 spiro atoms. The maximum atomic E-state index is 11.1. The van der Waals surface area contributed by atoms with Crippen molar-refractivity contribution < 1.29 is 14.3 Å². The van der Waals surface area contributed by atoms with Gasteiger partial charge in [-0.15, -0.1) is 0 Å². The third-order valence-corrected chi connectivity index (χ3v) is 2.58. The summed E-state index contributed by atoms with van der Waals surface area (Å²) in [6, 6.07) is 5.68. The van der Waals surface area contributed by atoms with Crippen molar-refractivity contribution in [3.8, 4) is 22.9 Å². The van der Waals surface area contributed by atoms with Gasteiger partial charge in [-0.3, -0.25) is 4.79 Å². The van der Waals surface area contributed by atoms with E-state index in [-0.39, 0.29) is 0 Å². The van der Waals surface area contributed by atoms with Crippen LogP contribution in [0.2, 0.25) is 0 Å². The van der Waals surface area contributed by atoms with Crippen molar-refractivity contribution >= 4 is 6.29 Å². The van der Waals surface area contributed by atoms with Crippen LogP contribution in [0.3, 0.4) is 0 Å². The van der Waals surface area contributed by atoms with Gasteiger partial charge in [-0.1, -0.05) is 12.1 Å². The molecule has 0 fully saturated rings. The highest BCUT2D eigenvalue weighted by Gasteiger charge is 2.11. The lowest BCUT2D eigenvalue weighted by molar-refractivity contribution is 0.112. The first kappa shape index (κ1) is 13.0. The molecule has 0 unspecified atom stereocenters. The van der Waals surface area contributed by atoms with E-state index < -0.39 is 0 Å². The summed E-state index contributed by atoms with van der Waals surface area (Å²) in [5, 5.41) is 0. The van der Waals surface area contributed by atoms with Gasteiger partial charge in [-0.2, -0.15) is 0 Å². The first-order chi connectivity index (χ1) is 9.30. The standard InChI is InChI=1S/C14H14N2O3/c1-3-19-13-10(9-17)5-4-6-12(13)11-7-15-14(18-2)16-8-11/h4-9H,3H2,1-2H3. The van der Waals surface area contributed by atoms with Crippen molar-refractivity contribution in [1.29, 1.82) is 0 Å². The Labute approximate surface area is 111 Å². The van der Waals surface area contributed by atoms with Crippen LogP contribution in [-0.2, 0) is 0 Å². The van der Waals surface area contributed by atoms with Gasteiger partial charge < -0.3 is 9.47 Å². The van der Waals surface area contributed by atoms with Gasteiger partial charge in [0.1, 0.15) is 5.75 Å². The number of para-hydroxylation sites is 1. The fraction of sp³-hybridized carbons (Fsp3) is 0.214. The van der Waals surface area contributed by atoms with E-state index in [4.69, 9.17) is 9.47 Å². The van der Waals surface area contributed by atoms with Crippen molar-refractivity contribution in [3.05, 3.63) is 36.2 Å². The smallest absolute Gasteiger partial charge is 0.316 e. The second kappa shape index (κ2) is 5.95. The minimum Gasteiger partial charge on any atom is -0.492 e. The highest BCUT2D eigenvalue weighted by atomic mass is 16.5. The lowest BCUT2D eigenvalue weighted by atomic mass is 10.0. The number of carbonyl (C=O) groups is 1. The minimum absolute atomic E-state index is 0.299. The zero-order valence-corrected chi connectivity index (χ0v) is 10.8. The van der Waals surface area contributed by atoms with E-state index in [0.717, 1.165) is 17.4 Å².